The summed E-state index contributed by atoms with van der Waals surface area (Å²) in [4.78, 5) is 22.3. The van der Waals surface area contributed by atoms with Crippen LogP contribution in [0.4, 0.5) is 4.79 Å². The van der Waals surface area contributed by atoms with E-state index >= 15 is 0 Å². The summed E-state index contributed by atoms with van der Waals surface area (Å²) in [6.07, 6.45) is 4.07. The number of aliphatic carboxylic acids is 1. The van der Waals surface area contributed by atoms with Crippen LogP contribution in [-0.4, -0.2) is 28.7 Å². The molecule has 0 bridgehead atoms. The van der Waals surface area contributed by atoms with Gasteiger partial charge in [-0.3, -0.25) is 4.79 Å². The molecule has 5 nitrogen and oxygen atoms in total. The Labute approximate surface area is 108 Å². The molecule has 0 aliphatic heterocycles. The summed E-state index contributed by atoms with van der Waals surface area (Å²) in [6, 6.07) is -0.0358. The van der Waals surface area contributed by atoms with Gasteiger partial charge in [0.2, 0.25) is 0 Å². The summed E-state index contributed by atoms with van der Waals surface area (Å²) in [5, 5.41) is 14.4. The summed E-state index contributed by atoms with van der Waals surface area (Å²) in [5.74, 6) is -0.0623. The molecule has 0 radical (unpaired) electrons. The molecular formula is C13H24N2O3. The fourth-order valence-electron chi connectivity index (χ4n) is 1.96. The third-order valence-corrected chi connectivity index (χ3v) is 3.18. The predicted molar refractivity (Wildman–Crippen MR) is 69.4 cm³/mol. The predicted octanol–water partition coefficient (Wildman–Crippen LogP) is 2.12. The second kappa shape index (κ2) is 6.07. The van der Waals surface area contributed by atoms with Gasteiger partial charge in [-0.15, -0.1) is 0 Å². The highest BCUT2D eigenvalue weighted by molar-refractivity contribution is 5.75. The van der Waals surface area contributed by atoms with Crippen LogP contribution in [0, 0.1) is 5.92 Å². The van der Waals surface area contributed by atoms with Crippen molar-refractivity contribution in [2.24, 2.45) is 5.92 Å². The van der Waals surface area contributed by atoms with Gasteiger partial charge in [-0.1, -0.05) is 12.8 Å². The lowest BCUT2D eigenvalue weighted by Crippen LogP contribution is -2.50. The molecule has 0 aromatic carbocycles. The van der Waals surface area contributed by atoms with Crippen LogP contribution in [0.1, 0.15) is 52.9 Å². The van der Waals surface area contributed by atoms with Crippen LogP contribution >= 0.6 is 0 Å². The topological polar surface area (TPSA) is 78.4 Å². The van der Waals surface area contributed by atoms with Crippen LogP contribution in [0.15, 0.2) is 0 Å². The molecular weight excluding hydrogens is 232 g/mol. The lowest BCUT2D eigenvalue weighted by molar-refractivity contribution is -0.137. The molecule has 5 heteroatoms. The second-order valence-corrected chi connectivity index (χ2v) is 5.96. The summed E-state index contributed by atoms with van der Waals surface area (Å²) in [6.45, 7) is 5.67. The van der Waals surface area contributed by atoms with E-state index in [1.807, 2.05) is 20.8 Å². The minimum absolute atomic E-state index is 0.0604. The Balaban J connectivity index is 2.25. The molecule has 1 atom stereocenters. The second-order valence-electron chi connectivity index (χ2n) is 5.96. The first-order chi connectivity index (χ1) is 8.28. The van der Waals surface area contributed by atoms with E-state index in [4.69, 9.17) is 5.11 Å². The Bertz CT molecular complexity index is 311. The van der Waals surface area contributed by atoms with Crippen LogP contribution in [0.2, 0.25) is 0 Å². The molecule has 104 valence electrons. The Morgan fingerprint density at radius 1 is 1.39 bits per heavy atom. The van der Waals surface area contributed by atoms with Gasteiger partial charge in [-0.05, 0) is 39.5 Å². The standard InChI is InChI=1S/C13H24N2O3/c1-9(8-10-4-5-10)14-12(18)15-13(2,3)7-6-11(16)17/h9-10H,4-8H2,1-3H3,(H,16,17)(H2,14,15,18). The van der Waals surface area contributed by atoms with Crippen molar-refractivity contribution in [1.82, 2.24) is 10.6 Å². The molecule has 1 unspecified atom stereocenters. The van der Waals surface area contributed by atoms with Gasteiger partial charge in [-0.25, -0.2) is 4.79 Å². The Kier molecular flexibility index (Phi) is 4.99. The number of carbonyl (C=O) groups excluding carboxylic acids is 1. The summed E-state index contributed by atoms with van der Waals surface area (Å²) in [7, 11) is 0. The van der Waals surface area contributed by atoms with Crippen molar-refractivity contribution in [1.29, 1.82) is 0 Å². The van der Waals surface area contributed by atoms with Crippen LogP contribution in [0.3, 0.4) is 0 Å². The van der Waals surface area contributed by atoms with Crippen LogP contribution in [0.25, 0.3) is 0 Å². The van der Waals surface area contributed by atoms with E-state index in [0.29, 0.717) is 6.42 Å². The number of amides is 2. The highest BCUT2D eigenvalue weighted by Crippen LogP contribution is 2.33. The zero-order valence-corrected chi connectivity index (χ0v) is 11.5. The molecule has 0 aromatic heterocycles. The van der Waals surface area contributed by atoms with Gasteiger partial charge in [0.15, 0.2) is 0 Å². The molecule has 3 N–H and O–H groups in total. The summed E-state index contributed by atoms with van der Waals surface area (Å²) >= 11 is 0. The Morgan fingerprint density at radius 2 is 2.00 bits per heavy atom. The van der Waals surface area contributed by atoms with E-state index in [0.717, 1.165) is 12.3 Å². The van der Waals surface area contributed by atoms with Crippen LogP contribution in [-0.2, 0) is 4.79 Å². The molecule has 1 fully saturated rings. The van der Waals surface area contributed by atoms with Crippen molar-refractivity contribution in [2.75, 3.05) is 0 Å². The number of carboxylic acid groups (broad SMARTS) is 1. The molecule has 1 aliphatic rings. The maximum absolute atomic E-state index is 11.7. The monoisotopic (exact) mass is 256 g/mol. The zero-order chi connectivity index (χ0) is 13.8. The third kappa shape index (κ3) is 6.47. The number of nitrogens with one attached hydrogen (secondary N) is 2. The van der Waals surface area contributed by atoms with Crippen molar-refractivity contribution >= 4 is 12.0 Å². The van der Waals surface area contributed by atoms with Gasteiger partial charge in [0, 0.05) is 18.0 Å². The van der Waals surface area contributed by atoms with Crippen molar-refractivity contribution < 1.29 is 14.7 Å². The average Bonchev–Trinajstić information content (AvgIpc) is 2.97. The van der Waals surface area contributed by atoms with Gasteiger partial charge in [0.1, 0.15) is 0 Å². The first kappa shape index (κ1) is 14.8. The molecule has 1 aliphatic carbocycles. The summed E-state index contributed by atoms with van der Waals surface area (Å²) < 4.78 is 0. The van der Waals surface area contributed by atoms with E-state index < -0.39 is 11.5 Å². The number of carboxylic acids is 1. The molecule has 0 saturated heterocycles. The molecule has 0 heterocycles. The quantitative estimate of drug-likeness (QED) is 0.653. The van der Waals surface area contributed by atoms with E-state index in [1.165, 1.54) is 12.8 Å². The highest BCUT2D eigenvalue weighted by Gasteiger charge is 2.26. The summed E-state index contributed by atoms with van der Waals surface area (Å²) in [5.41, 5.74) is -0.498. The Morgan fingerprint density at radius 3 is 2.50 bits per heavy atom. The molecule has 2 amide bonds. The maximum atomic E-state index is 11.7. The van der Waals surface area contributed by atoms with E-state index in [9.17, 15) is 9.59 Å². The number of urea groups is 1. The molecule has 1 saturated carbocycles. The first-order valence-corrected chi connectivity index (χ1v) is 6.59. The van der Waals surface area contributed by atoms with Crippen molar-refractivity contribution in [3.63, 3.8) is 0 Å². The zero-order valence-electron chi connectivity index (χ0n) is 11.5. The molecule has 1 rings (SSSR count). The normalized spacial score (nSPS) is 17.1. The molecule has 0 spiro atoms. The first-order valence-electron chi connectivity index (χ1n) is 6.59. The number of hydrogen-bond donors (Lipinski definition) is 3. The van der Waals surface area contributed by atoms with E-state index in [2.05, 4.69) is 10.6 Å². The fraction of sp³-hybridized carbons (Fsp3) is 0.846. The third-order valence-electron chi connectivity index (χ3n) is 3.18. The van der Waals surface area contributed by atoms with E-state index in [1.54, 1.807) is 0 Å². The fourth-order valence-corrected chi connectivity index (χ4v) is 1.96. The maximum Gasteiger partial charge on any atom is 0.315 e. The SMILES string of the molecule is CC(CC1CC1)NC(=O)NC(C)(C)CCC(=O)O. The highest BCUT2D eigenvalue weighted by atomic mass is 16.4. The van der Waals surface area contributed by atoms with Crippen molar-refractivity contribution in [2.45, 2.75) is 64.5 Å². The van der Waals surface area contributed by atoms with Gasteiger partial charge in [-0.2, -0.15) is 0 Å². The molecule has 18 heavy (non-hydrogen) atoms. The van der Waals surface area contributed by atoms with Gasteiger partial charge in [0.05, 0.1) is 0 Å². The van der Waals surface area contributed by atoms with Crippen molar-refractivity contribution in [3.8, 4) is 0 Å². The van der Waals surface area contributed by atoms with Crippen molar-refractivity contribution in [3.05, 3.63) is 0 Å². The Hall–Kier alpha value is -1.26. The lowest BCUT2D eigenvalue weighted by Gasteiger charge is -2.27. The number of carbonyl (C=O) groups is 2. The minimum Gasteiger partial charge on any atom is -0.481 e. The van der Waals surface area contributed by atoms with Gasteiger partial charge >= 0.3 is 12.0 Å². The number of rotatable bonds is 7. The largest absolute Gasteiger partial charge is 0.481 e. The van der Waals surface area contributed by atoms with Crippen LogP contribution in [0.5, 0.6) is 0 Å². The lowest BCUT2D eigenvalue weighted by atomic mass is 9.99. The minimum atomic E-state index is -0.840. The van der Waals surface area contributed by atoms with E-state index in [-0.39, 0.29) is 18.5 Å². The molecule has 0 aromatic rings. The van der Waals surface area contributed by atoms with Crippen LogP contribution < -0.4 is 10.6 Å². The number of hydrogen-bond acceptors (Lipinski definition) is 2. The smallest absolute Gasteiger partial charge is 0.315 e. The van der Waals surface area contributed by atoms with Gasteiger partial charge in [0.25, 0.3) is 0 Å². The average molecular weight is 256 g/mol. The van der Waals surface area contributed by atoms with Gasteiger partial charge < -0.3 is 15.7 Å².